The molecule has 0 radical (unpaired) electrons. The van der Waals surface area contributed by atoms with E-state index in [0.717, 1.165) is 38.5 Å². The lowest BCUT2D eigenvalue weighted by atomic mass is 9.99. The van der Waals surface area contributed by atoms with Gasteiger partial charge in [-0.25, -0.2) is 4.18 Å². The van der Waals surface area contributed by atoms with Crippen molar-refractivity contribution in [3.05, 3.63) is 24.3 Å². The van der Waals surface area contributed by atoms with Crippen LogP contribution < -0.4 is 5.32 Å². The third-order valence-corrected chi connectivity index (χ3v) is 16.9. The van der Waals surface area contributed by atoms with Crippen LogP contribution in [0.2, 0.25) is 0 Å². The Labute approximate surface area is 493 Å². The van der Waals surface area contributed by atoms with Crippen molar-refractivity contribution in [2.75, 3.05) is 13.2 Å². The van der Waals surface area contributed by atoms with Crippen LogP contribution in [0.1, 0.15) is 341 Å². The standard InChI is InChI=1S/C67H129NO11S/c1-3-5-7-9-11-13-15-17-19-21-23-25-27-29-30-31-32-33-35-37-39-41-43-45-47-49-51-53-55-57-63(71)68-60(59-77-67-65(73)66(79-80(74,75)76)64(72)62(58-69)78-67)61(70)56-54-52-50-48-46-44-42-40-38-36-34-28-26-24-22-20-18-16-14-12-10-8-6-4-2/h29-30,54,56,60-62,64-67,69-70,72-73H,3-28,31-53,55,57-59H2,1-2H3,(H,68,71)(H,74,75,76)/b30-29-,56-54+. The highest BCUT2D eigenvalue weighted by Crippen LogP contribution is 2.26. The molecule has 7 atom stereocenters. The Bertz CT molecular complexity index is 1500. The van der Waals surface area contributed by atoms with Crippen molar-refractivity contribution in [2.24, 2.45) is 0 Å². The lowest BCUT2D eigenvalue weighted by Gasteiger charge is -2.41. The van der Waals surface area contributed by atoms with Crippen molar-refractivity contribution in [2.45, 2.75) is 384 Å². The minimum Gasteiger partial charge on any atom is -0.394 e. The number of carbonyl (C=O) groups excluding carboxylic acids is 1. The van der Waals surface area contributed by atoms with Crippen LogP contribution in [0.15, 0.2) is 24.3 Å². The third kappa shape index (κ3) is 47.9. The largest absolute Gasteiger partial charge is 0.397 e. The van der Waals surface area contributed by atoms with Gasteiger partial charge in [-0.05, 0) is 44.9 Å². The second kappa shape index (κ2) is 56.7. The Hall–Kier alpha value is -1.42. The number of carbonyl (C=O) groups is 1. The number of rotatable bonds is 61. The van der Waals surface area contributed by atoms with Gasteiger partial charge in [0.05, 0.1) is 25.4 Å². The molecule has 1 heterocycles. The van der Waals surface area contributed by atoms with E-state index in [1.54, 1.807) is 6.08 Å². The number of amides is 1. The molecule has 1 saturated heterocycles. The minimum atomic E-state index is -5.09. The van der Waals surface area contributed by atoms with E-state index < -0.39 is 59.9 Å². The van der Waals surface area contributed by atoms with Crippen molar-refractivity contribution < 1.29 is 51.8 Å². The van der Waals surface area contributed by atoms with Gasteiger partial charge in [-0.1, -0.05) is 314 Å². The van der Waals surface area contributed by atoms with E-state index in [1.807, 2.05) is 6.08 Å². The maximum atomic E-state index is 13.2. The maximum Gasteiger partial charge on any atom is 0.397 e. The highest BCUT2D eigenvalue weighted by atomic mass is 32.3. The van der Waals surface area contributed by atoms with Crippen LogP contribution >= 0.6 is 0 Å². The molecule has 0 aromatic carbocycles. The number of ether oxygens (including phenoxy) is 2. The van der Waals surface area contributed by atoms with E-state index in [9.17, 15) is 38.2 Å². The van der Waals surface area contributed by atoms with E-state index in [0.29, 0.717) is 6.42 Å². The van der Waals surface area contributed by atoms with Crippen molar-refractivity contribution >= 4 is 16.3 Å². The molecule has 0 saturated carbocycles. The first-order chi connectivity index (χ1) is 39.0. The molecule has 7 unspecified atom stereocenters. The molecule has 0 aliphatic carbocycles. The molecule has 0 spiro atoms. The molecule has 13 heteroatoms. The molecule has 0 aromatic rings. The first-order valence-electron chi connectivity index (χ1n) is 34.2. The Kier molecular flexibility index (Phi) is 54.3. The van der Waals surface area contributed by atoms with E-state index >= 15 is 0 Å². The summed E-state index contributed by atoms with van der Waals surface area (Å²) in [4.78, 5) is 13.2. The smallest absolute Gasteiger partial charge is 0.394 e. The number of nitrogens with one attached hydrogen (secondary N) is 1. The summed E-state index contributed by atoms with van der Waals surface area (Å²) >= 11 is 0. The van der Waals surface area contributed by atoms with Gasteiger partial charge in [-0.15, -0.1) is 0 Å². The molecule has 1 amide bonds. The monoisotopic (exact) mass is 1160 g/mol. The van der Waals surface area contributed by atoms with Crippen LogP contribution in [0, 0.1) is 0 Å². The minimum absolute atomic E-state index is 0.256. The van der Waals surface area contributed by atoms with Gasteiger partial charge in [0, 0.05) is 6.42 Å². The number of unbranched alkanes of at least 4 members (excludes halogenated alkanes) is 47. The van der Waals surface area contributed by atoms with Crippen LogP contribution in [0.5, 0.6) is 0 Å². The maximum absolute atomic E-state index is 13.2. The zero-order valence-corrected chi connectivity index (χ0v) is 52.7. The van der Waals surface area contributed by atoms with Gasteiger partial charge in [-0.3, -0.25) is 9.35 Å². The molecular weight excluding hydrogens is 1030 g/mol. The number of hydrogen-bond donors (Lipinski definition) is 6. The number of hydrogen-bond acceptors (Lipinski definition) is 10. The zero-order valence-electron chi connectivity index (χ0n) is 51.9. The lowest BCUT2D eigenvalue weighted by Crippen LogP contribution is -2.61. The fourth-order valence-electron chi connectivity index (χ4n) is 11.2. The van der Waals surface area contributed by atoms with Gasteiger partial charge in [0.2, 0.25) is 5.91 Å². The van der Waals surface area contributed by atoms with Gasteiger partial charge < -0.3 is 35.2 Å². The molecule has 6 N–H and O–H groups in total. The summed E-state index contributed by atoms with van der Waals surface area (Å²) in [6.07, 6.45) is 63.9. The normalized spacial score (nSPS) is 18.7. The van der Waals surface area contributed by atoms with Gasteiger partial charge in [0.15, 0.2) is 6.29 Å². The molecule has 0 aromatic heterocycles. The summed E-state index contributed by atoms with van der Waals surface area (Å²) in [5, 5.41) is 45.2. The average Bonchev–Trinajstić information content (AvgIpc) is 3.44. The first-order valence-corrected chi connectivity index (χ1v) is 35.6. The van der Waals surface area contributed by atoms with Crippen molar-refractivity contribution in [3.63, 3.8) is 0 Å². The SMILES string of the molecule is CCCCCCCCCCCCCC/C=C\CCCCCCCCCCCCCCCC(=O)NC(COC1OC(CO)C(O)C(OS(=O)(=O)O)C1O)C(O)/C=C/CCCCCCCCCCCCCCCCCCCCCCCC. The molecular formula is C67H129NO11S. The van der Waals surface area contributed by atoms with E-state index in [2.05, 4.69) is 35.5 Å². The Morgan fingerprint density at radius 3 is 1.12 bits per heavy atom. The Morgan fingerprint density at radius 1 is 0.487 bits per heavy atom. The van der Waals surface area contributed by atoms with Crippen molar-refractivity contribution in [1.82, 2.24) is 5.32 Å². The second-order valence-corrected chi connectivity index (χ2v) is 25.2. The highest BCUT2D eigenvalue weighted by Gasteiger charge is 2.48. The fraction of sp³-hybridized carbons (Fsp3) is 0.925. The van der Waals surface area contributed by atoms with Crippen LogP contribution in [0.3, 0.4) is 0 Å². The average molecular weight is 1160 g/mol. The summed E-state index contributed by atoms with van der Waals surface area (Å²) in [5.74, 6) is -0.256. The number of aliphatic hydroxyl groups is 4. The molecule has 12 nitrogen and oxygen atoms in total. The van der Waals surface area contributed by atoms with Gasteiger partial charge in [0.25, 0.3) is 0 Å². The second-order valence-electron chi connectivity index (χ2n) is 24.1. The van der Waals surface area contributed by atoms with Crippen molar-refractivity contribution in [1.29, 1.82) is 0 Å². The Morgan fingerprint density at radius 2 is 0.800 bits per heavy atom. The molecule has 1 fully saturated rings. The van der Waals surface area contributed by atoms with E-state index in [4.69, 9.17) is 9.47 Å². The molecule has 0 bridgehead atoms. The van der Waals surface area contributed by atoms with Crippen LogP contribution in [0.4, 0.5) is 0 Å². The van der Waals surface area contributed by atoms with E-state index in [1.165, 1.54) is 276 Å². The third-order valence-electron chi connectivity index (χ3n) is 16.5. The predicted molar refractivity (Wildman–Crippen MR) is 333 cm³/mol. The summed E-state index contributed by atoms with van der Waals surface area (Å²) in [6.45, 7) is 3.46. The first kappa shape index (κ1) is 76.6. The Balaban J connectivity index is 2.27. The molecule has 474 valence electrons. The van der Waals surface area contributed by atoms with Crippen LogP contribution in [-0.4, -0.2) is 95.4 Å². The van der Waals surface area contributed by atoms with Gasteiger partial charge in [0.1, 0.15) is 24.4 Å². The summed E-state index contributed by atoms with van der Waals surface area (Å²) in [5.41, 5.74) is 0. The summed E-state index contributed by atoms with van der Waals surface area (Å²) in [7, 11) is -5.09. The van der Waals surface area contributed by atoms with Crippen LogP contribution in [-0.2, 0) is 28.9 Å². The molecule has 1 aliphatic rings. The quantitative estimate of drug-likeness (QED) is 0.0193. The van der Waals surface area contributed by atoms with E-state index in [-0.39, 0.29) is 18.9 Å². The molecule has 1 aliphatic heterocycles. The fourth-order valence-corrected chi connectivity index (χ4v) is 11.7. The van der Waals surface area contributed by atoms with Crippen molar-refractivity contribution in [3.8, 4) is 0 Å². The highest BCUT2D eigenvalue weighted by molar-refractivity contribution is 7.80. The summed E-state index contributed by atoms with van der Waals surface area (Å²) < 4.78 is 48.0. The number of allylic oxidation sites excluding steroid dienone is 3. The lowest BCUT2D eigenvalue weighted by molar-refractivity contribution is -0.298. The van der Waals surface area contributed by atoms with Gasteiger partial charge >= 0.3 is 10.4 Å². The predicted octanol–water partition coefficient (Wildman–Crippen LogP) is 17.5. The summed E-state index contributed by atoms with van der Waals surface area (Å²) in [6, 6.07) is -0.944. The zero-order chi connectivity index (χ0) is 58.3. The van der Waals surface area contributed by atoms with Gasteiger partial charge in [-0.2, -0.15) is 8.42 Å². The molecule has 80 heavy (non-hydrogen) atoms. The molecule has 1 rings (SSSR count). The van der Waals surface area contributed by atoms with Crippen LogP contribution in [0.25, 0.3) is 0 Å². The topological polar surface area (TPSA) is 192 Å². The number of aliphatic hydroxyl groups excluding tert-OH is 4.